The molecule has 3 amide bonds. The van der Waals surface area contributed by atoms with Crippen LogP contribution >= 0.6 is 23.3 Å². The van der Waals surface area contributed by atoms with Gasteiger partial charge in [0.15, 0.2) is 17.5 Å². The van der Waals surface area contributed by atoms with Crippen LogP contribution in [0.5, 0.6) is 0 Å². The summed E-state index contributed by atoms with van der Waals surface area (Å²) in [4.78, 5) is 71.5. The zero-order chi connectivity index (χ0) is 32.5. The van der Waals surface area contributed by atoms with Gasteiger partial charge in [-0.1, -0.05) is 5.16 Å². The predicted molar refractivity (Wildman–Crippen MR) is 159 cm³/mol. The number of aromatic nitrogens is 4. The summed E-state index contributed by atoms with van der Waals surface area (Å²) in [5, 5.41) is 31.1. The lowest BCUT2D eigenvalue weighted by molar-refractivity contribution is -0.768. The molecule has 18 nitrogen and oxygen atoms in total. The first-order valence-corrected chi connectivity index (χ1v) is 15.6. The van der Waals surface area contributed by atoms with Crippen LogP contribution in [0.4, 0.5) is 10.9 Å². The van der Waals surface area contributed by atoms with Crippen molar-refractivity contribution in [2.45, 2.75) is 56.8 Å². The minimum atomic E-state index is -1.80. The minimum absolute atomic E-state index is 0.0168. The number of carbonyl (C=O) groups excluding carboxylic acids is 3. The van der Waals surface area contributed by atoms with Crippen LogP contribution in [0, 0.1) is 0 Å². The van der Waals surface area contributed by atoms with E-state index in [-0.39, 0.29) is 29.0 Å². The number of fused-ring (bicyclic) bond motifs is 2. The maximum Gasteiger partial charge on any atom is 0.352 e. The van der Waals surface area contributed by atoms with Gasteiger partial charge in [-0.15, -0.1) is 21.1 Å². The normalized spacial score (nSPS) is 19.6. The second kappa shape index (κ2) is 12.7. The van der Waals surface area contributed by atoms with Gasteiger partial charge in [0.25, 0.3) is 11.8 Å². The van der Waals surface area contributed by atoms with E-state index in [0.717, 1.165) is 40.8 Å². The molecule has 3 aliphatic rings. The molecule has 240 valence electrons. The van der Waals surface area contributed by atoms with Crippen molar-refractivity contribution in [3.8, 4) is 0 Å². The Morgan fingerprint density at radius 3 is 2.80 bits per heavy atom. The standard InChI is InChI=1S/C25H30N10O8S2/c1-25(2,23(41)42)43-31-14(17-30-24(26)45-32-17)19(37)29-15-20(38)35-16(22(39)40)13(10-44-21(15)35)9-33-8-12(4-6-27-11-36)18-28-5-3-7-34(18)33/h8,11,15,21H,3-7,9-10H2,1-2H3,(H6,26,27,29,30,32,36,37,39,40,41,42)/p+1/b31-14-/t15-,21-/m1/s1. The van der Waals surface area contributed by atoms with Crippen molar-refractivity contribution in [3.05, 3.63) is 28.9 Å². The molecule has 2 aromatic rings. The van der Waals surface area contributed by atoms with E-state index < -0.39 is 46.5 Å². The van der Waals surface area contributed by atoms with Gasteiger partial charge in [0, 0.05) is 35.9 Å². The maximum atomic E-state index is 13.3. The molecule has 0 unspecified atom stereocenters. The Kier molecular flexibility index (Phi) is 8.96. The van der Waals surface area contributed by atoms with Gasteiger partial charge in [-0.05, 0) is 26.7 Å². The summed E-state index contributed by atoms with van der Waals surface area (Å²) in [6.45, 7) is 4.61. The fourth-order valence-electron chi connectivity index (χ4n) is 4.99. The van der Waals surface area contributed by atoms with Crippen LogP contribution < -0.4 is 26.4 Å². The zero-order valence-electron chi connectivity index (χ0n) is 24.2. The molecule has 0 aromatic carbocycles. The van der Waals surface area contributed by atoms with Crippen LogP contribution in [0.25, 0.3) is 0 Å². The SMILES string of the molecule is CC(C)(O/N=C(\C(=O)N[C@@H]1C(=O)N2C(C(=O)O)=C(C[n+]3cc(CCNC=O)c4n3CCCN4)CS[C@H]12)c1nsc(N)n1)C(=O)O. The first-order valence-electron chi connectivity index (χ1n) is 13.8. The van der Waals surface area contributed by atoms with Gasteiger partial charge in [0.05, 0.1) is 12.1 Å². The second-order valence-electron chi connectivity index (χ2n) is 10.7. The van der Waals surface area contributed by atoms with E-state index in [1.165, 1.54) is 25.6 Å². The molecule has 0 saturated carbocycles. The Morgan fingerprint density at radius 1 is 1.36 bits per heavy atom. The molecular weight excluding hydrogens is 632 g/mol. The number of β-lactam (4-membered cyclic amide) rings is 1. The van der Waals surface area contributed by atoms with E-state index in [1.807, 2.05) is 15.6 Å². The van der Waals surface area contributed by atoms with E-state index in [0.29, 0.717) is 31.5 Å². The first kappa shape index (κ1) is 31.7. The molecule has 1 saturated heterocycles. The highest BCUT2D eigenvalue weighted by molar-refractivity contribution is 8.00. The average molecular weight is 664 g/mol. The smallest absolute Gasteiger partial charge is 0.352 e. The number of anilines is 2. The molecule has 2 atom stereocenters. The third kappa shape index (κ3) is 6.27. The molecule has 2 aromatic heterocycles. The van der Waals surface area contributed by atoms with Crippen molar-refractivity contribution in [2.75, 3.05) is 29.9 Å². The Morgan fingerprint density at radius 2 is 2.13 bits per heavy atom. The molecule has 3 aliphatic heterocycles. The van der Waals surface area contributed by atoms with Crippen LogP contribution in [0.15, 0.2) is 22.6 Å². The highest BCUT2D eigenvalue weighted by Crippen LogP contribution is 2.40. The largest absolute Gasteiger partial charge is 0.478 e. The number of amides is 3. The van der Waals surface area contributed by atoms with Crippen molar-refractivity contribution >= 4 is 70.1 Å². The van der Waals surface area contributed by atoms with Crippen LogP contribution in [0.1, 0.15) is 31.7 Å². The Hall–Kier alpha value is -4.72. The summed E-state index contributed by atoms with van der Waals surface area (Å²) in [6, 6.07) is -1.11. The quantitative estimate of drug-likeness (QED) is 0.0351. The lowest BCUT2D eigenvalue weighted by Crippen LogP contribution is -2.71. The van der Waals surface area contributed by atoms with Gasteiger partial charge >= 0.3 is 11.9 Å². The number of hydrogen-bond acceptors (Lipinski definition) is 13. The van der Waals surface area contributed by atoms with E-state index in [4.69, 9.17) is 10.6 Å². The summed E-state index contributed by atoms with van der Waals surface area (Å²) in [5.74, 6) is -3.25. The Balaban J connectivity index is 1.36. The van der Waals surface area contributed by atoms with Crippen molar-refractivity contribution < 1.29 is 43.7 Å². The molecule has 7 N–H and O–H groups in total. The molecule has 0 aliphatic carbocycles. The van der Waals surface area contributed by atoms with Crippen molar-refractivity contribution in [1.29, 1.82) is 0 Å². The van der Waals surface area contributed by atoms with Crippen LogP contribution in [0.2, 0.25) is 0 Å². The van der Waals surface area contributed by atoms with Crippen LogP contribution in [-0.4, -0.2) is 101 Å². The molecule has 0 radical (unpaired) electrons. The van der Waals surface area contributed by atoms with Crippen LogP contribution in [-0.2, 0) is 48.3 Å². The number of carboxylic acid groups (broad SMARTS) is 2. The fraction of sp³-hybridized carbons (Fsp3) is 0.480. The van der Waals surface area contributed by atoms with E-state index in [1.54, 1.807) is 0 Å². The van der Waals surface area contributed by atoms with Gasteiger partial charge in [0.2, 0.25) is 29.7 Å². The molecule has 45 heavy (non-hydrogen) atoms. The second-order valence-corrected chi connectivity index (χ2v) is 12.6. The highest BCUT2D eigenvalue weighted by atomic mass is 32.2. The van der Waals surface area contributed by atoms with Crippen molar-refractivity contribution in [2.24, 2.45) is 5.16 Å². The van der Waals surface area contributed by atoms with Gasteiger partial charge in [-0.25, -0.2) is 9.59 Å². The number of thioether (sulfide) groups is 1. The zero-order valence-corrected chi connectivity index (χ0v) is 25.8. The molecule has 5 rings (SSSR count). The predicted octanol–water partition coefficient (Wildman–Crippen LogP) is -1.66. The number of hydrogen-bond donors (Lipinski definition) is 6. The molecule has 5 heterocycles. The number of nitrogens with zero attached hydrogens (tertiary/aromatic N) is 6. The number of carboxylic acids is 2. The summed E-state index contributed by atoms with van der Waals surface area (Å²) >= 11 is 2.07. The van der Waals surface area contributed by atoms with E-state index in [2.05, 4.69) is 30.5 Å². The molecular formula is C25H31N10O8S2+. The van der Waals surface area contributed by atoms with Gasteiger partial charge < -0.3 is 36.7 Å². The number of carbonyl (C=O) groups is 5. The molecule has 1 fully saturated rings. The monoisotopic (exact) mass is 663 g/mol. The van der Waals surface area contributed by atoms with Gasteiger partial charge in [-0.3, -0.25) is 19.3 Å². The van der Waals surface area contributed by atoms with Gasteiger partial charge in [-0.2, -0.15) is 9.36 Å². The lowest BCUT2D eigenvalue weighted by Gasteiger charge is -2.49. The topological polar surface area (TPSA) is 247 Å². The third-order valence-corrected chi connectivity index (χ3v) is 9.16. The Labute approximate surface area is 263 Å². The number of nitrogens with one attached hydrogen (secondary N) is 3. The summed E-state index contributed by atoms with van der Waals surface area (Å²) in [5.41, 5.74) is 4.68. The lowest BCUT2D eigenvalue weighted by atomic mass is 10.0. The maximum absolute atomic E-state index is 13.3. The fourth-order valence-corrected chi connectivity index (χ4v) is 6.76. The van der Waals surface area contributed by atoms with Gasteiger partial charge in [0.1, 0.15) is 17.1 Å². The number of oxime groups is 1. The number of nitrogen functional groups attached to an aromatic ring is 1. The summed E-state index contributed by atoms with van der Waals surface area (Å²) in [6.07, 6.45) is 4.00. The Bertz CT molecular complexity index is 1620. The van der Waals surface area contributed by atoms with E-state index >= 15 is 0 Å². The van der Waals surface area contributed by atoms with Crippen molar-refractivity contribution in [3.63, 3.8) is 0 Å². The number of aliphatic carboxylic acids is 2. The average Bonchev–Trinajstić information content (AvgIpc) is 3.58. The number of nitrogens with two attached hydrogens (primary N) is 1. The molecule has 0 bridgehead atoms. The van der Waals surface area contributed by atoms with E-state index in [9.17, 15) is 34.2 Å². The van der Waals surface area contributed by atoms with Crippen LogP contribution in [0.3, 0.4) is 0 Å². The highest BCUT2D eigenvalue weighted by Gasteiger charge is 2.55. The third-order valence-electron chi connectivity index (χ3n) is 7.28. The summed E-state index contributed by atoms with van der Waals surface area (Å²) < 4.78 is 7.88. The number of rotatable bonds is 13. The summed E-state index contributed by atoms with van der Waals surface area (Å²) in [7, 11) is 0. The van der Waals surface area contributed by atoms with Crippen molar-refractivity contribution in [1.82, 2.24) is 29.6 Å². The first-order chi connectivity index (χ1) is 21.4. The minimum Gasteiger partial charge on any atom is -0.478 e. The molecule has 20 heteroatoms. The molecule has 0 spiro atoms.